The van der Waals surface area contributed by atoms with E-state index in [4.69, 9.17) is 9.26 Å². The monoisotopic (exact) mass is 597 g/mol. The zero-order valence-corrected chi connectivity index (χ0v) is 25.5. The van der Waals surface area contributed by atoms with Crippen molar-refractivity contribution in [3.05, 3.63) is 98.5 Å². The van der Waals surface area contributed by atoms with Crippen molar-refractivity contribution in [3.63, 3.8) is 0 Å². The van der Waals surface area contributed by atoms with Crippen molar-refractivity contribution in [2.24, 2.45) is 0 Å². The molecule has 1 saturated carbocycles. The number of aromatic amines is 1. The molecular weight excluding hydrogens is 558 g/mol. The molecule has 2 N–H and O–H groups in total. The van der Waals surface area contributed by atoms with Crippen molar-refractivity contribution >= 4 is 5.65 Å². The Kier molecular flexibility index (Phi) is 8.38. The summed E-state index contributed by atoms with van der Waals surface area (Å²) in [7, 11) is 0. The molecule has 6 rings (SSSR count). The minimum Gasteiger partial charge on any atom is -0.388 e. The van der Waals surface area contributed by atoms with E-state index >= 15 is 0 Å². The van der Waals surface area contributed by atoms with Gasteiger partial charge in [0.25, 0.3) is 5.56 Å². The Labute approximate surface area is 255 Å². The minimum atomic E-state index is -0.861. The van der Waals surface area contributed by atoms with E-state index in [0.717, 1.165) is 77.7 Å². The van der Waals surface area contributed by atoms with Gasteiger partial charge in [0, 0.05) is 29.7 Å². The fourth-order valence-corrected chi connectivity index (χ4v) is 6.30. The maximum Gasteiger partial charge on any atom is 0.439 e. The molecule has 0 aliphatic heterocycles. The lowest BCUT2D eigenvalue weighted by molar-refractivity contribution is -0.0654. The number of aryl methyl sites for hydroxylation is 1. The summed E-state index contributed by atoms with van der Waals surface area (Å²) in [5.41, 5.74) is 5.43. The quantitative estimate of drug-likeness (QED) is 0.223. The number of aliphatic hydroxyl groups is 1. The fourth-order valence-electron chi connectivity index (χ4n) is 6.30. The van der Waals surface area contributed by atoms with Crippen molar-refractivity contribution in [1.29, 1.82) is 0 Å². The van der Waals surface area contributed by atoms with E-state index in [9.17, 15) is 14.7 Å². The van der Waals surface area contributed by atoms with Gasteiger partial charge >= 0.3 is 5.76 Å². The number of fused-ring (bicyclic) bond motifs is 1. The number of hydrogen-bond donors (Lipinski definition) is 2. The van der Waals surface area contributed by atoms with Crippen LogP contribution in [0, 0.1) is 0 Å². The summed E-state index contributed by atoms with van der Waals surface area (Å²) in [6, 6.07) is 17.9. The Morgan fingerprint density at radius 1 is 1.02 bits per heavy atom. The van der Waals surface area contributed by atoms with Crippen molar-refractivity contribution < 1.29 is 14.4 Å². The molecule has 0 amide bonds. The normalized spacial score (nSPS) is 17.4. The van der Waals surface area contributed by atoms with Gasteiger partial charge in [0.2, 0.25) is 0 Å². The lowest BCUT2D eigenvalue weighted by atomic mass is 9.92. The van der Waals surface area contributed by atoms with Crippen LogP contribution in [0.3, 0.4) is 0 Å². The van der Waals surface area contributed by atoms with E-state index in [1.165, 1.54) is 0 Å². The Balaban J connectivity index is 1.30. The summed E-state index contributed by atoms with van der Waals surface area (Å²) in [5.74, 6) is -0.218. The number of nitrogens with one attached hydrogen (secondary N) is 1. The predicted octanol–water partition coefficient (Wildman–Crippen LogP) is 5.32. The van der Waals surface area contributed by atoms with Gasteiger partial charge in [0.1, 0.15) is 5.65 Å². The molecule has 0 saturated heterocycles. The maximum atomic E-state index is 14.3. The van der Waals surface area contributed by atoms with Gasteiger partial charge in [-0.15, -0.1) is 0 Å². The number of aromatic nitrogens is 5. The van der Waals surface area contributed by atoms with E-state index in [-0.39, 0.29) is 17.7 Å². The molecule has 1 fully saturated rings. The fraction of sp³-hybridized carbons (Fsp3) is 0.412. The van der Waals surface area contributed by atoms with Gasteiger partial charge in [-0.3, -0.25) is 18.9 Å². The summed E-state index contributed by atoms with van der Waals surface area (Å²) >= 11 is 0. The molecule has 0 radical (unpaired) electrons. The van der Waals surface area contributed by atoms with Gasteiger partial charge in [-0.05, 0) is 62.6 Å². The highest BCUT2D eigenvalue weighted by atomic mass is 16.5. The smallest absolute Gasteiger partial charge is 0.388 e. The predicted molar refractivity (Wildman–Crippen MR) is 168 cm³/mol. The van der Waals surface area contributed by atoms with Crippen LogP contribution in [0.4, 0.5) is 0 Å². The van der Waals surface area contributed by atoms with Crippen molar-refractivity contribution in [1.82, 2.24) is 24.3 Å². The van der Waals surface area contributed by atoms with Gasteiger partial charge < -0.3 is 9.84 Å². The number of nitrogens with zero attached hydrogens (tertiary/aromatic N) is 4. The third kappa shape index (κ3) is 6.18. The molecule has 0 atom stereocenters. The largest absolute Gasteiger partial charge is 0.439 e. The molecule has 10 heteroatoms. The highest BCUT2D eigenvalue weighted by Gasteiger charge is 2.28. The molecule has 2 aromatic carbocycles. The van der Waals surface area contributed by atoms with Gasteiger partial charge in [0.05, 0.1) is 30.2 Å². The van der Waals surface area contributed by atoms with E-state index in [1.807, 2.05) is 51.5 Å². The van der Waals surface area contributed by atoms with Crippen LogP contribution in [0.2, 0.25) is 0 Å². The first kappa shape index (κ1) is 29.8. The second-order valence-electron chi connectivity index (χ2n) is 12.4. The highest BCUT2D eigenvalue weighted by molar-refractivity contribution is 5.80. The molecule has 10 nitrogen and oxygen atoms in total. The number of ether oxygens (including phenoxy) is 1. The van der Waals surface area contributed by atoms with Crippen molar-refractivity contribution in [2.75, 3.05) is 6.61 Å². The summed E-state index contributed by atoms with van der Waals surface area (Å²) in [6.07, 6.45) is 7.34. The molecular formula is C34H39N5O5. The first-order chi connectivity index (χ1) is 21.2. The molecule has 5 aromatic rings. The van der Waals surface area contributed by atoms with Gasteiger partial charge in [0.15, 0.2) is 5.82 Å². The van der Waals surface area contributed by atoms with Gasteiger partial charge in [-0.25, -0.2) is 9.31 Å². The van der Waals surface area contributed by atoms with Crippen LogP contribution >= 0.6 is 0 Å². The zero-order valence-electron chi connectivity index (χ0n) is 25.5. The van der Waals surface area contributed by atoms with Crippen LogP contribution in [0.15, 0.2) is 74.9 Å². The molecule has 3 aromatic heterocycles. The Morgan fingerprint density at radius 2 is 1.75 bits per heavy atom. The Bertz CT molecular complexity index is 1850. The maximum absolute atomic E-state index is 14.3. The van der Waals surface area contributed by atoms with Gasteiger partial charge in [-0.1, -0.05) is 67.0 Å². The van der Waals surface area contributed by atoms with Crippen LogP contribution in [0.25, 0.3) is 28.2 Å². The number of rotatable bonds is 10. The molecule has 0 bridgehead atoms. The lowest BCUT2D eigenvalue weighted by Gasteiger charge is -2.32. The van der Waals surface area contributed by atoms with Crippen molar-refractivity contribution in [3.8, 4) is 22.5 Å². The second kappa shape index (κ2) is 12.4. The average molecular weight is 598 g/mol. The van der Waals surface area contributed by atoms with Crippen LogP contribution in [-0.2, 0) is 17.6 Å². The number of hydrogen-bond acceptors (Lipinski definition) is 7. The van der Waals surface area contributed by atoms with Crippen LogP contribution in [0.1, 0.15) is 75.7 Å². The molecule has 1 aliphatic carbocycles. The molecule has 1 aliphatic rings. The summed E-state index contributed by atoms with van der Waals surface area (Å²) < 4.78 is 14.6. The van der Waals surface area contributed by atoms with Crippen LogP contribution in [0.5, 0.6) is 0 Å². The standard InChI is InChI=1S/C34H39N5O5/c1-4-7-29-28(20-22-10-12-23(13-11-22)26-8-5-6-9-27(26)31-36-33(41)44-37-31)32(40)38(30-18-19-35-39(29)30)24-14-16-25(17-15-24)43-21-34(2,3)42/h5-6,8-13,18-19,24-25,42H,4,7,14-17,20-21H2,1-3H3,(H,36,37,41)/t24-,25-. The highest BCUT2D eigenvalue weighted by Crippen LogP contribution is 2.33. The average Bonchev–Trinajstić information content (AvgIpc) is 3.68. The molecule has 44 heavy (non-hydrogen) atoms. The third-order valence-corrected chi connectivity index (χ3v) is 8.39. The summed E-state index contributed by atoms with van der Waals surface area (Å²) in [5, 5.41) is 18.6. The topological polar surface area (TPSA) is 128 Å². The first-order valence-corrected chi connectivity index (χ1v) is 15.4. The van der Waals surface area contributed by atoms with E-state index in [0.29, 0.717) is 18.9 Å². The van der Waals surface area contributed by atoms with Crippen LogP contribution < -0.4 is 11.3 Å². The second-order valence-corrected chi connectivity index (χ2v) is 12.4. The lowest BCUT2D eigenvalue weighted by Crippen LogP contribution is -2.36. The van der Waals surface area contributed by atoms with E-state index < -0.39 is 11.4 Å². The zero-order chi connectivity index (χ0) is 30.8. The molecule has 0 unspecified atom stereocenters. The van der Waals surface area contributed by atoms with E-state index in [1.54, 1.807) is 20.0 Å². The summed E-state index contributed by atoms with van der Waals surface area (Å²) in [4.78, 5) is 28.5. The molecule has 230 valence electrons. The number of benzene rings is 2. The van der Waals surface area contributed by atoms with Crippen LogP contribution in [-0.4, -0.2) is 47.7 Å². The van der Waals surface area contributed by atoms with Gasteiger partial charge in [-0.2, -0.15) is 5.10 Å². The third-order valence-electron chi connectivity index (χ3n) is 8.39. The Hall–Kier alpha value is -4.28. The first-order valence-electron chi connectivity index (χ1n) is 15.4. The Morgan fingerprint density at radius 3 is 2.41 bits per heavy atom. The SMILES string of the molecule is CCCc1c(Cc2ccc(-c3ccccc3-c3noc(=O)[nH]3)cc2)c(=O)n([C@H]2CC[C@H](OCC(C)(C)O)CC2)c2ccnn12. The summed E-state index contributed by atoms with van der Waals surface area (Å²) in [6.45, 7) is 5.92. The minimum absolute atomic E-state index is 0.0479. The molecule has 0 spiro atoms. The van der Waals surface area contributed by atoms with Crippen molar-refractivity contribution in [2.45, 2.75) is 83.5 Å². The van der Waals surface area contributed by atoms with E-state index in [2.05, 4.69) is 34.3 Å². The number of H-pyrrole nitrogens is 1. The molecule has 3 heterocycles.